The number of methoxy groups -OCH3 is 3. The van der Waals surface area contributed by atoms with Gasteiger partial charge in [-0.05, 0) is 25.0 Å². The number of benzene rings is 1. The summed E-state index contributed by atoms with van der Waals surface area (Å²) in [5.74, 6) is 0.978. The molecule has 1 aromatic carbocycles. The number of nitrogens with one attached hydrogen (secondary N) is 1. The minimum absolute atomic E-state index is 0.325. The molecule has 0 fully saturated rings. The molecular weight excluding hydrogens is 272 g/mol. The average molecular weight is 294 g/mol. The second-order valence-corrected chi connectivity index (χ2v) is 4.24. The Morgan fingerprint density at radius 3 is 1.95 bits per heavy atom. The molecule has 0 heterocycles. The maximum Gasteiger partial charge on any atom is 0.271 e. The molecule has 6 nitrogen and oxygen atoms in total. The summed E-state index contributed by atoms with van der Waals surface area (Å²) in [4.78, 5) is 12.1. The first-order chi connectivity index (χ1) is 10.1. The van der Waals surface area contributed by atoms with Crippen LogP contribution in [0.1, 0.15) is 37.0 Å². The highest BCUT2D eigenvalue weighted by atomic mass is 16.5. The van der Waals surface area contributed by atoms with E-state index < -0.39 is 0 Å². The molecule has 0 saturated heterocycles. The predicted molar refractivity (Wildman–Crippen MR) is 81.6 cm³/mol. The zero-order valence-electron chi connectivity index (χ0n) is 13.1. The molecule has 1 aromatic rings. The molecule has 0 radical (unpaired) electrons. The third-order valence-corrected chi connectivity index (χ3v) is 3.06. The van der Waals surface area contributed by atoms with Crippen molar-refractivity contribution in [3.8, 4) is 17.2 Å². The molecule has 116 valence electrons. The third-order valence-electron chi connectivity index (χ3n) is 3.06. The molecule has 0 bridgehead atoms. The minimum atomic E-state index is -0.325. The highest BCUT2D eigenvalue weighted by molar-refractivity contribution is 5.96. The second kappa shape index (κ2) is 8.14. The largest absolute Gasteiger partial charge is 0.493 e. The minimum Gasteiger partial charge on any atom is -0.493 e. The molecule has 0 aliphatic carbocycles. The summed E-state index contributed by atoms with van der Waals surface area (Å²) in [5, 5.41) is 4.09. The fourth-order valence-corrected chi connectivity index (χ4v) is 1.81. The Morgan fingerprint density at radius 2 is 1.57 bits per heavy atom. The van der Waals surface area contributed by atoms with Crippen molar-refractivity contribution < 1.29 is 19.0 Å². The lowest BCUT2D eigenvalue weighted by molar-refractivity contribution is 0.0954. The van der Waals surface area contributed by atoms with Crippen LogP contribution in [0.3, 0.4) is 0 Å². The molecule has 1 rings (SSSR count). The van der Waals surface area contributed by atoms with Crippen molar-refractivity contribution in [2.24, 2.45) is 5.10 Å². The van der Waals surface area contributed by atoms with Gasteiger partial charge in [0.05, 0.1) is 21.3 Å². The van der Waals surface area contributed by atoms with Gasteiger partial charge in [0.2, 0.25) is 5.75 Å². The number of hydrazone groups is 1. The molecule has 0 atom stereocenters. The van der Waals surface area contributed by atoms with E-state index in [2.05, 4.69) is 10.5 Å². The van der Waals surface area contributed by atoms with Gasteiger partial charge in [0, 0.05) is 11.3 Å². The van der Waals surface area contributed by atoms with Gasteiger partial charge in [0.15, 0.2) is 11.5 Å². The monoisotopic (exact) mass is 294 g/mol. The van der Waals surface area contributed by atoms with Crippen LogP contribution >= 0.6 is 0 Å². The van der Waals surface area contributed by atoms with E-state index in [4.69, 9.17) is 14.2 Å². The van der Waals surface area contributed by atoms with E-state index in [9.17, 15) is 4.79 Å². The van der Waals surface area contributed by atoms with Crippen LogP contribution in [0.4, 0.5) is 0 Å². The molecule has 0 spiro atoms. The smallest absolute Gasteiger partial charge is 0.271 e. The lowest BCUT2D eigenvalue weighted by atomic mass is 10.1. The van der Waals surface area contributed by atoms with Crippen molar-refractivity contribution in [3.63, 3.8) is 0 Å². The van der Waals surface area contributed by atoms with Crippen molar-refractivity contribution in [2.75, 3.05) is 21.3 Å². The van der Waals surface area contributed by atoms with Gasteiger partial charge < -0.3 is 14.2 Å². The van der Waals surface area contributed by atoms with Crippen LogP contribution in [0.25, 0.3) is 0 Å². The quantitative estimate of drug-likeness (QED) is 0.620. The summed E-state index contributed by atoms with van der Waals surface area (Å²) < 4.78 is 15.7. The maximum absolute atomic E-state index is 12.1. The third kappa shape index (κ3) is 4.11. The predicted octanol–water partition coefficient (Wildman–Crippen LogP) is 2.62. The van der Waals surface area contributed by atoms with Crippen LogP contribution in [0, 0.1) is 0 Å². The van der Waals surface area contributed by atoms with Crippen LogP contribution in [0.2, 0.25) is 0 Å². The van der Waals surface area contributed by atoms with Crippen LogP contribution in [0.5, 0.6) is 17.2 Å². The van der Waals surface area contributed by atoms with Gasteiger partial charge in [0.25, 0.3) is 5.91 Å². The molecule has 1 N–H and O–H groups in total. The molecule has 0 aromatic heterocycles. The number of ether oxygens (including phenoxy) is 3. The Balaban J connectivity index is 3.07. The number of carbonyl (C=O) groups excluding carboxylic acids is 1. The summed E-state index contributed by atoms with van der Waals surface area (Å²) in [5.41, 5.74) is 3.85. The van der Waals surface area contributed by atoms with Crippen molar-refractivity contribution in [1.82, 2.24) is 5.43 Å². The standard InChI is InChI=1S/C15H22N2O4/c1-6-11(7-2)16-17-15(18)10-8-12(19-3)14(21-5)13(9-10)20-4/h8-9H,6-7H2,1-5H3,(H,17,18). The molecule has 1 amide bonds. The lowest BCUT2D eigenvalue weighted by Gasteiger charge is -2.13. The Bertz CT molecular complexity index is 495. The van der Waals surface area contributed by atoms with E-state index in [1.807, 2.05) is 13.8 Å². The van der Waals surface area contributed by atoms with Gasteiger partial charge in [-0.2, -0.15) is 5.10 Å². The molecular formula is C15H22N2O4. The SMILES string of the molecule is CCC(CC)=NNC(=O)c1cc(OC)c(OC)c(OC)c1. The van der Waals surface area contributed by atoms with Crippen molar-refractivity contribution in [1.29, 1.82) is 0 Å². The molecule has 0 aliphatic heterocycles. The van der Waals surface area contributed by atoms with E-state index in [0.29, 0.717) is 22.8 Å². The van der Waals surface area contributed by atoms with E-state index in [-0.39, 0.29) is 5.91 Å². The Morgan fingerprint density at radius 1 is 1.05 bits per heavy atom. The van der Waals surface area contributed by atoms with E-state index in [0.717, 1.165) is 18.6 Å². The topological polar surface area (TPSA) is 69.2 Å². The van der Waals surface area contributed by atoms with E-state index in [1.54, 1.807) is 12.1 Å². The van der Waals surface area contributed by atoms with E-state index >= 15 is 0 Å². The molecule has 0 aliphatic rings. The van der Waals surface area contributed by atoms with Crippen molar-refractivity contribution in [3.05, 3.63) is 17.7 Å². The molecule has 6 heteroatoms. The van der Waals surface area contributed by atoms with Gasteiger partial charge in [0.1, 0.15) is 0 Å². The average Bonchev–Trinajstić information content (AvgIpc) is 2.53. The normalized spacial score (nSPS) is 9.76. The fourth-order valence-electron chi connectivity index (χ4n) is 1.81. The van der Waals surface area contributed by atoms with Crippen molar-refractivity contribution >= 4 is 11.6 Å². The number of hydrogen-bond donors (Lipinski definition) is 1. The lowest BCUT2D eigenvalue weighted by Crippen LogP contribution is -2.19. The van der Waals surface area contributed by atoms with Crippen LogP contribution in [-0.4, -0.2) is 32.9 Å². The first-order valence-corrected chi connectivity index (χ1v) is 6.76. The Hall–Kier alpha value is -2.24. The Labute approximate surface area is 125 Å². The van der Waals surface area contributed by atoms with Gasteiger partial charge in [-0.25, -0.2) is 5.43 Å². The van der Waals surface area contributed by atoms with Crippen LogP contribution in [-0.2, 0) is 0 Å². The van der Waals surface area contributed by atoms with Crippen molar-refractivity contribution in [2.45, 2.75) is 26.7 Å². The zero-order chi connectivity index (χ0) is 15.8. The highest BCUT2D eigenvalue weighted by Gasteiger charge is 2.16. The first kappa shape index (κ1) is 16.8. The number of carbonyl (C=O) groups is 1. The van der Waals surface area contributed by atoms with Gasteiger partial charge >= 0.3 is 0 Å². The first-order valence-electron chi connectivity index (χ1n) is 6.76. The zero-order valence-corrected chi connectivity index (χ0v) is 13.1. The van der Waals surface area contributed by atoms with Gasteiger partial charge in [-0.1, -0.05) is 13.8 Å². The number of rotatable bonds is 7. The summed E-state index contributed by atoms with van der Waals surface area (Å²) >= 11 is 0. The van der Waals surface area contributed by atoms with Gasteiger partial charge in [-0.15, -0.1) is 0 Å². The van der Waals surface area contributed by atoms with Gasteiger partial charge in [-0.3, -0.25) is 4.79 Å². The summed E-state index contributed by atoms with van der Waals surface area (Å²) in [7, 11) is 4.52. The van der Waals surface area contributed by atoms with Crippen LogP contribution in [0.15, 0.2) is 17.2 Å². The summed E-state index contributed by atoms with van der Waals surface area (Å²) in [6.45, 7) is 3.99. The van der Waals surface area contributed by atoms with Crippen LogP contribution < -0.4 is 19.6 Å². The second-order valence-electron chi connectivity index (χ2n) is 4.24. The number of nitrogens with zero attached hydrogens (tertiary/aromatic N) is 1. The summed E-state index contributed by atoms with van der Waals surface area (Å²) in [6, 6.07) is 3.17. The number of amides is 1. The molecule has 0 unspecified atom stereocenters. The number of hydrogen-bond acceptors (Lipinski definition) is 5. The summed E-state index contributed by atoms with van der Waals surface area (Å²) in [6.07, 6.45) is 1.60. The molecule has 21 heavy (non-hydrogen) atoms. The Kier molecular flexibility index (Phi) is 6.52. The van der Waals surface area contributed by atoms with E-state index in [1.165, 1.54) is 21.3 Å². The molecule has 0 saturated carbocycles. The fraction of sp³-hybridized carbons (Fsp3) is 0.467. The highest BCUT2D eigenvalue weighted by Crippen LogP contribution is 2.38. The maximum atomic E-state index is 12.1.